The summed E-state index contributed by atoms with van der Waals surface area (Å²) in [5.41, 5.74) is -0.650. The minimum atomic E-state index is -0.926. The number of carboxylic acids is 1. The van der Waals surface area contributed by atoms with Crippen molar-refractivity contribution in [3.8, 4) is 0 Å². The van der Waals surface area contributed by atoms with Gasteiger partial charge in [0, 0.05) is 13.5 Å². The van der Waals surface area contributed by atoms with E-state index >= 15 is 0 Å². The fraction of sp³-hybridized carbons (Fsp3) is 0.842. The molecular formula is C19H34N2O5. The molecule has 2 N–H and O–H groups in total. The van der Waals surface area contributed by atoms with E-state index < -0.39 is 29.5 Å². The van der Waals surface area contributed by atoms with Gasteiger partial charge in [0.15, 0.2) is 0 Å². The highest BCUT2D eigenvalue weighted by molar-refractivity contribution is 5.80. The van der Waals surface area contributed by atoms with Crippen LogP contribution in [-0.4, -0.2) is 52.2 Å². The van der Waals surface area contributed by atoms with Gasteiger partial charge in [0.25, 0.3) is 0 Å². The second-order valence-electron chi connectivity index (χ2n) is 8.15. The lowest BCUT2D eigenvalue weighted by Gasteiger charge is -2.35. The Bertz CT molecular complexity index is 511. The molecule has 1 rings (SSSR count). The number of carbonyl (C=O) groups is 3. The molecule has 1 fully saturated rings. The van der Waals surface area contributed by atoms with Gasteiger partial charge in [0.05, 0.1) is 12.1 Å². The second kappa shape index (κ2) is 9.35. The van der Waals surface area contributed by atoms with Gasteiger partial charge in [-0.3, -0.25) is 19.3 Å². The van der Waals surface area contributed by atoms with Crippen LogP contribution in [0.3, 0.4) is 0 Å². The van der Waals surface area contributed by atoms with Crippen molar-refractivity contribution >= 4 is 17.8 Å². The molecule has 0 aliphatic carbocycles. The van der Waals surface area contributed by atoms with Crippen LogP contribution >= 0.6 is 0 Å². The number of aliphatic carboxylic acids is 1. The smallest absolute Gasteiger partial charge is 0.323 e. The summed E-state index contributed by atoms with van der Waals surface area (Å²) in [7, 11) is 0. The van der Waals surface area contributed by atoms with Crippen LogP contribution in [0.5, 0.6) is 0 Å². The maximum Gasteiger partial charge on any atom is 0.323 e. The number of hydrogen-bond donors (Lipinski definition) is 2. The Morgan fingerprint density at radius 1 is 1.23 bits per heavy atom. The Morgan fingerprint density at radius 2 is 1.81 bits per heavy atom. The molecule has 1 saturated heterocycles. The van der Waals surface area contributed by atoms with Crippen LogP contribution in [0, 0.1) is 11.8 Å². The quantitative estimate of drug-likeness (QED) is 0.637. The van der Waals surface area contributed by atoms with Crippen molar-refractivity contribution in [2.45, 2.75) is 85.0 Å². The number of carbonyl (C=O) groups excluding carboxylic acids is 2. The molecule has 3 atom stereocenters. The highest BCUT2D eigenvalue weighted by Gasteiger charge is 2.45. The molecular weight excluding hydrogens is 336 g/mol. The Hall–Kier alpha value is -1.63. The number of likely N-dealkylation sites (tertiary alicyclic amines) is 1. The number of ether oxygens (including phenoxy) is 1. The molecule has 3 unspecified atom stereocenters. The summed E-state index contributed by atoms with van der Waals surface area (Å²) in [6.07, 6.45) is 2.42. The molecule has 0 radical (unpaired) electrons. The highest BCUT2D eigenvalue weighted by Crippen LogP contribution is 2.30. The van der Waals surface area contributed by atoms with E-state index in [1.807, 2.05) is 4.90 Å². The van der Waals surface area contributed by atoms with E-state index in [4.69, 9.17) is 4.74 Å². The highest BCUT2D eigenvalue weighted by atomic mass is 16.6. The third-order valence-corrected chi connectivity index (χ3v) is 4.85. The predicted molar refractivity (Wildman–Crippen MR) is 98.4 cm³/mol. The van der Waals surface area contributed by atoms with Crippen molar-refractivity contribution in [3.63, 3.8) is 0 Å². The fourth-order valence-electron chi connectivity index (χ4n) is 3.44. The summed E-state index contributed by atoms with van der Waals surface area (Å²) >= 11 is 0. The molecule has 1 aliphatic heterocycles. The van der Waals surface area contributed by atoms with Crippen LogP contribution in [0.1, 0.15) is 67.2 Å². The number of esters is 1. The van der Waals surface area contributed by atoms with Crippen LogP contribution in [0.15, 0.2) is 0 Å². The molecule has 0 spiro atoms. The zero-order chi connectivity index (χ0) is 20.1. The fourth-order valence-corrected chi connectivity index (χ4v) is 3.44. The molecule has 1 heterocycles. The Labute approximate surface area is 156 Å². The molecule has 7 nitrogen and oxygen atoms in total. The van der Waals surface area contributed by atoms with Crippen LogP contribution in [0.4, 0.5) is 0 Å². The van der Waals surface area contributed by atoms with Crippen LogP contribution in [0.25, 0.3) is 0 Å². The number of nitrogens with one attached hydrogen (secondary N) is 1. The van der Waals surface area contributed by atoms with E-state index in [2.05, 4.69) is 19.2 Å². The molecule has 1 aliphatic rings. The lowest BCUT2D eigenvalue weighted by molar-refractivity contribution is -0.162. The maximum atomic E-state index is 12.7. The summed E-state index contributed by atoms with van der Waals surface area (Å²) in [5.74, 6) is -1.81. The monoisotopic (exact) mass is 370 g/mol. The Balaban J connectivity index is 3.09. The van der Waals surface area contributed by atoms with E-state index in [0.717, 1.165) is 12.8 Å². The van der Waals surface area contributed by atoms with Crippen LogP contribution in [0.2, 0.25) is 0 Å². The zero-order valence-corrected chi connectivity index (χ0v) is 16.9. The topological polar surface area (TPSA) is 95.9 Å². The molecule has 0 aromatic rings. The van der Waals surface area contributed by atoms with E-state index in [9.17, 15) is 19.5 Å². The van der Waals surface area contributed by atoms with E-state index in [1.165, 1.54) is 6.92 Å². The molecule has 0 aromatic carbocycles. The largest absolute Gasteiger partial charge is 0.481 e. The third-order valence-electron chi connectivity index (χ3n) is 4.85. The first-order chi connectivity index (χ1) is 12.0. The first-order valence-corrected chi connectivity index (χ1v) is 9.46. The summed E-state index contributed by atoms with van der Waals surface area (Å²) in [5, 5.41) is 12.3. The van der Waals surface area contributed by atoms with Gasteiger partial charge in [-0.15, -0.1) is 0 Å². The van der Waals surface area contributed by atoms with Crippen molar-refractivity contribution in [2.24, 2.45) is 11.8 Å². The first-order valence-electron chi connectivity index (χ1n) is 9.46. The van der Waals surface area contributed by atoms with Crippen molar-refractivity contribution in [2.75, 3.05) is 6.54 Å². The van der Waals surface area contributed by atoms with Crippen molar-refractivity contribution in [1.82, 2.24) is 10.2 Å². The predicted octanol–water partition coefficient (Wildman–Crippen LogP) is 2.39. The van der Waals surface area contributed by atoms with E-state index in [0.29, 0.717) is 12.3 Å². The minimum absolute atomic E-state index is 0.192. The molecule has 0 bridgehead atoms. The average molecular weight is 370 g/mol. The number of carboxylic acid groups (broad SMARTS) is 1. The van der Waals surface area contributed by atoms with Gasteiger partial charge in [0.1, 0.15) is 11.6 Å². The number of amides is 1. The Kier molecular flexibility index (Phi) is 8.06. The summed E-state index contributed by atoms with van der Waals surface area (Å²) in [4.78, 5) is 37.7. The minimum Gasteiger partial charge on any atom is -0.481 e. The SMILES string of the molecule is CCC(CC)CC(NC(C)=O)N1CC(C(=O)O)CC1C(=O)OC(C)(C)C. The van der Waals surface area contributed by atoms with Crippen molar-refractivity contribution in [1.29, 1.82) is 0 Å². The third kappa shape index (κ3) is 6.59. The lowest BCUT2D eigenvalue weighted by atomic mass is 9.97. The molecule has 26 heavy (non-hydrogen) atoms. The van der Waals surface area contributed by atoms with Crippen LogP contribution in [-0.2, 0) is 19.1 Å². The number of nitrogens with zero attached hydrogens (tertiary/aromatic N) is 1. The van der Waals surface area contributed by atoms with Crippen molar-refractivity contribution < 1.29 is 24.2 Å². The average Bonchev–Trinajstić information content (AvgIpc) is 2.95. The zero-order valence-electron chi connectivity index (χ0n) is 16.9. The van der Waals surface area contributed by atoms with Gasteiger partial charge in [-0.2, -0.15) is 0 Å². The maximum absolute atomic E-state index is 12.7. The van der Waals surface area contributed by atoms with Gasteiger partial charge in [-0.25, -0.2) is 0 Å². The van der Waals surface area contributed by atoms with Crippen LogP contribution < -0.4 is 5.32 Å². The summed E-state index contributed by atoms with van der Waals surface area (Å²) < 4.78 is 5.51. The standard InChI is InChI=1S/C19H34N2O5/c1-7-13(8-2)9-16(20-12(3)22)21-11-14(17(23)24)10-15(21)18(25)26-19(4,5)6/h13-16H,7-11H2,1-6H3,(H,20,22)(H,23,24). The molecule has 1 amide bonds. The van der Waals surface area contributed by atoms with Crippen molar-refractivity contribution in [3.05, 3.63) is 0 Å². The van der Waals surface area contributed by atoms with E-state index in [1.54, 1.807) is 20.8 Å². The second-order valence-corrected chi connectivity index (χ2v) is 8.15. The normalized spacial score (nSPS) is 22.3. The number of rotatable bonds is 8. The molecule has 7 heteroatoms. The van der Waals surface area contributed by atoms with Gasteiger partial charge < -0.3 is 15.2 Å². The molecule has 150 valence electrons. The number of hydrogen-bond acceptors (Lipinski definition) is 5. The van der Waals surface area contributed by atoms with Gasteiger partial charge in [-0.05, 0) is 39.5 Å². The summed E-state index contributed by atoms with van der Waals surface area (Å²) in [6.45, 7) is 11.2. The summed E-state index contributed by atoms with van der Waals surface area (Å²) in [6, 6.07) is -0.665. The lowest BCUT2D eigenvalue weighted by Crippen LogP contribution is -2.53. The first kappa shape index (κ1) is 22.4. The molecule has 0 aromatic heterocycles. The van der Waals surface area contributed by atoms with E-state index in [-0.39, 0.29) is 25.0 Å². The van der Waals surface area contributed by atoms with Gasteiger partial charge in [0.2, 0.25) is 5.91 Å². The van der Waals surface area contributed by atoms with Gasteiger partial charge >= 0.3 is 11.9 Å². The molecule has 0 saturated carbocycles. The Morgan fingerprint density at radius 3 is 2.23 bits per heavy atom. The van der Waals surface area contributed by atoms with Gasteiger partial charge in [-0.1, -0.05) is 26.7 Å².